The Bertz CT molecular complexity index is 387. The van der Waals surface area contributed by atoms with Gasteiger partial charge in [0.25, 0.3) is 0 Å². The Balaban J connectivity index is 2.88. The lowest BCUT2D eigenvalue weighted by Crippen LogP contribution is -2.40. The van der Waals surface area contributed by atoms with Crippen LogP contribution >= 0.6 is 0 Å². The molecule has 0 aliphatic carbocycles. The third-order valence-electron chi connectivity index (χ3n) is 3.87. The smallest absolute Gasteiger partial charge is 0.307 e. The molecule has 0 fully saturated rings. The van der Waals surface area contributed by atoms with Crippen molar-refractivity contribution in [1.82, 2.24) is 4.90 Å². The standard InChI is InChI=1S/C17H27NO2/c1-5-18(6-2)16(13-17(19)20-7-3)14(4)15-11-9-8-10-12-15/h8-12,14,16H,5-7,13H2,1-4H3. The molecule has 1 aromatic rings. The topological polar surface area (TPSA) is 29.5 Å². The van der Waals surface area contributed by atoms with Gasteiger partial charge in [0.05, 0.1) is 13.0 Å². The van der Waals surface area contributed by atoms with Crippen LogP contribution in [0.5, 0.6) is 0 Å². The number of carbonyl (C=O) groups is 1. The Morgan fingerprint density at radius 1 is 1.15 bits per heavy atom. The predicted molar refractivity (Wildman–Crippen MR) is 82.8 cm³/mol. The number of rotatable bonds is 8. The zero-order chi connectivity index (χ0) is 15.0. The minimum absolute atomic E-state index is 0.104. The van der Waals surface area contributed by atoms with Gasteiger partial charge >= 0.3 is 5.97 Å². The molecule has 0 saturated carbocycles. The van der Waals surface area contributed by atoms with E-state index in [0.29, 0.717) is 18.9 Å². The van der Waals surface area contributed by atoms with Crippen LogP contribution in [0.3, 0.4) is 0 Å². The molecule has 0 amide bonds. The van der Waals surface area contributed by atoms with Gasteiger partial charge in [-0.05, 0) is 31.5 Å². The van der Waals surface area contributed by atoms with Crippen LogP contribution in [0.2, 0.25) is 0 Å². The van der Waals surface area contributed by atoms with E-state index in [-0.39, 0.29) is 12.0 Å². The zero-order valence-electron chi connectivity index (χ0n) is 13.1. The van der Waals surface area contributed by atoms with Crippen molar-refractivity contribution in [2.45, 2.75) is 46.1 Å². The van der Waals surface area contributed by atoms with E-state index in [9.17, 15) is 4.79 Å². The summed E-state index contributed by atoms with van der Waals surface area (Å²) in [6.45, 7) is 10.7. The molecule has 0 spiro atoms. The molecule has 112 valence electrons. The van der Waals surface area contributed by atoms with Gasteiger partial charge in [-0.2, -0.15) is 0 Å². The summed E-state index contributed by atoms with van der Waals surface area (Å²) < 4.78 is 5.13. The highest BCUT2D eigenvalue weighted by atomic mass is 16.5. The van der Waals surface area contributed by atoms with Crippen molar-refractivity contribution >= 4 is 5.97 Å². The summed E-state index contributed by atoms with van der Waals surface area (Å²) in [5.41, 5.74) is 1.27. The molecule has 2 unspecified atom stereocenters. The Kier molecular flexibility index (Phi) is 7.31. The summed E-state index contributed by atoms with van der Waals surface area (Å²) in [7, 11) is 0. The van der Waals surface area contributed by atoms with E-state index in [2.05, 4.69) is 49.9 Å². The van der Waals surface area contributed by atoms with Gasteiger partial charge in [0.15, 0.2) is 0 Å². The molecular weight excluding hydrogens is 250 g/mol. The van der Waals surface area contributed by atoms with Crippen LogP contribution in [-0.4, -0.2) is 36.6 Å². The molecule has 0 aliphatic heterocycles. The average molecular weight is 277 g/mol. The molecule has 0 aromatic heterocycles. The second-order valence-corrected chi connectivity index (χ2v) is 5.00. The minimum Gasteiger partial charge on any atom is -0.466 e. The second-order valence-electron chi connectivity index (χ2n) is 5.00. The lowest BCUT2D eigenvalue weighted by Gasteiger charge is -2.34. The second kappa shape index (κ2) is 8.75. The fourth-order valence-corrected chi connectivity index (χ4v) is 2.68. The maximum absolute atomic E-state index is 11.9. The number of benzene rings is 1. The largest absolute Gasteiger partial charge is 0.466 e. The molecule has 1 aromatic carbocycles. The van der Waals surface area contributed by atoms with Crippen LogP contribution in [0.1, 0.15) is 45.6 Å². The number of hydrogen-bond acceptors (Lipinski definition) is 3. The highest BCUT2D eigenvalue weighted by molar-refractivity contribution is 5.70. The number of carbonyl (C=O) groups excluding carboxylic acids is 1. The SMILES string of the molecule is CCOC(=O)CC(C(C)c1ccccc1)N(CC)CC. The fraction of sp³-hybridized carbons (Fsp3) is 0.588. The fourth-order valence-electron chi connectivity index (χ4n) is 2.68. The average Bonchev–Trinajstić information content (AvgIpc) is 2.48. The maximum atomic E-state index is 11.9. The third-order valence-corrected chi connectivity index (χ3v) is 3.87. The van der Waals surface area contributed by atoms with Crippen LogP contribution in [0.15, 0.2) is 30.3 Å². The molecule has 0 radical (unpaired) electrons. The molecule has 0 N–H and O–H groups in total. The van der Waals surface area contributed by atoms with Gasteiger partial charge in [-0.3, -0.25) is 9.69 Å². The van der Waals surface area contributed by atoms with E-state index in [1.54, 1.807) is 0 Å². The van der Waals surface area contributed by atoms with Gasteiger partial charge in [-0.1, -0.05) is 51.1 Å². The van der Waals surface area contributed by atoms with Crippen molar-refractivity contribution in [2.75, 3.05) is 19.7 Å². The molecule has 20 heavy (non-hydrogen) atoms. The normalized spacial score (nSPS) is 14.1. The van der Waals surface area contributed by atoms with Crippen LogP contribution in [0.25, 0.3) is 0 Å². The lowest BCUT2D eigenvalue weighted by molar-refractivity contribution is -0.144. The van der Waals surface area contributed by atoms with E-state index < -0.39 is 0 Å². The van der Waals surface area contributed by atoms with Gasteiger partial charge in [0, 0.05) is 6.04 Å². The summed E-state index contributed by atoms with van der Waals surface area (Å²) in [4.78, 5) is 14.2. The van der Waals surface area contributed by atoms with Crippen molar-refractivity contribution in [3.05, 3.63) is 35.9 Å². The van der Waals surface area contributed by atoms with Gasteiger partial charge < -0.3 is 4.74 Å². The Morgan fingerprint density at radius 2 is 1.75 bits per heavy atom. The van der Waals surface area contributed by atoms with E-state index in [1.807, 2.05) is 13.0 Å². The molecule has 0 heterocycles. The van der Waals surface area contributed by atoms with Crippen LogP contribution in [0.4, 0.5) is 0 Å². The third kappa shape index (κ3) is 4.64. The number of likely N-dealkylation sites (N-methyl/N-ethyl adjacent to an activating group) is 1. The number of hydrogen-bond donors (Lipinski definition) is 0. The van der Waals surface area contributed by atoms with Crippen molar-refractivity contribution in [2.24, 2.45) is 0 Å². The van der Waals surface area contributed by atoms with Crippen LogP contribution in [0, 0.1) is 0 Å². The van der Waals surface area contributed by atoms with Gasteiger partial charge in [0.1, 0.15) is 0 Å². The maximum Gasteiger partial charge on any atom is 0.307 e. The zero-order valence-corrected chi connectivity index (χ0v) is 13.1. The summed E-state index contributed by atoms with van der Waals surface area (Å²) in [5.74, 6) is 0.202. The van der Waals surface area contributed by atoms with E-state index in [0.717, 1.165) is 13.1 Å². The molecular formula is C17H27NO2. The van der Waals surface area contributed by atoms with Gasteiger partial charge in [0.2, 0.25) is 0 Å². The first-order valence-electron chi connectivity index (χ1n) is 7.58. The minimum atomic E-state index is -0.104. The molecule has 1 rings (SSSR count). The first kappa shape index (κ1) is 16.7. The molecule has 0 saturated heterocycles. The van der Waals surface area contributed by atoms with Gasteiger partial charge in [-0.25, -0.2) is 0 Å². The number of ether oxygens (including phenoxy) is 1. The summed E-state index contributed by atoms with van der Waals surface area (Å²) >= 11 is 0. The number of nitrogens with zero attached hydrogens (tertiary/aromatic N) is 1. The molecule has 0 aliphatic rings. The lowest BCUT2D eigenvalue weighted by atomic mass is 9.90. The number of esters is 1. The first-order valence-corrected chi connectivity index (χ1v) is 7.58. The molecule has 2 atom stereocenters. The van der Waals surface area contributed by atoms with Crippen molar-refractivity contribution in [3.8, 4) is 0 Å². The predicted octanol–water partition coefficient (Wildman–Crippen LogP) is 3.45. The van der Waals surface area contributed by atoms with Crippen LogP contribution in [-0.2, 0) is 9.53 Å². The van der Waals surface area contributed by atoms with E-state index >= 15 is 0 Å². The van der Waals surface area contributed by atoms with Crippen molar-refractivity contribution in [1.29, 1.82) is 0 Å². The first-order chi connectivity index (χ1) is 9.63. The molecule has 0 bridgehead atoms. The van der Waals surface area contributed by atoms with Crippen molar-refractivity contribution < 1.29 is 9.53 Å². The highest BCUT2D eigenvalue weighted by Crippen LogP contribution is 2.25. The Morgan fingerprint density at radius 3 is 2.25 bits per heavy atom. The highest BCUT2D eigenvalue weighted by Gasteiger charge is 2.26. The van der Waals surface area contributed by atoms with E-state index in [1.165, 1.54) is 5.56 Å². The van der Waals surface area contributed by atoms with E-state index in [4.69, 9.17) is 4.74 Å². The Hall–Kier alpha value is -1.35. The molecule has 3 nitrogen and oxygen atoms in total. The van der Waals surface area contributed by atoms with Crippen molar-refractivity contribution in [3.63, 3.8) is 0 Å². The Labute approximate surface area is 122 Å². The van der Waals surface area contributed by atoms with Gasteiger partial charge in [-0.15, -0.1) is 0 Å². The summed E-state index contributed by atoms with van der Waals surface area (Å²) in [5, 5.41) is 0. The quantitative estimate of drug-likeness (QED) is 0.682. The summed E-state index contributed by atoms with van der Waals surface area (Å²) in [6, 6.07) is 10.6. The van der Waals surface area contributed by atoms with Crippen LogP contribution < -0.4 is 0 Å². The monoisotopic (exact) mass is 277 g/mol. The summed E-state index contributed by atoms with van der Waals surface area (Å²) in [6.07, 6.45) is 0.450. The molecule has 3 heteroatoms.